The number of hydrogen-bond donors (Lipinski definition) is 3. The van der Waals surface area contributed by atoms with Crippen LogP contribution in [0.2, 0.25) is 0 Å². The first-order valence-electron chi connectivity index (χ1n) is 6.16. The summed E-state index contributed by atoms with van der Waals surface area (Å²) in [6.07, 6.45) is 1.73. The summed E-state index contributed by atoms with van der Waals surface area (Å²) in [5.41, 5.74) is 4.86. The number of anilines is 1. The fourth-order valence-electron chi connectivity index (χ4n) is 2.08. The average Bonchev–Trinajstić information content (AvgIpc) is 2.39. The van der Waals surface area contributed by atoms with Crippen LogP contribution in [0.3, 0.4) is 0 Å². The van der Waals surface area contributed by atoms with Gasteiger partial charge in [-0.2, -0.15) is 0 Å². The molecule has 0 unspecified atom stereocenters. The third kappa shape index (κ3) is 3.00. The molecule has 2 rings (SSSR count). The van der Waals surface area contributed by atoms with E-state index in [0.717, 1.165) is 18.4 Å². The molecule has 0 aliphatic carbocycles. The van der Waals surface area contributed by atoms with E-state index in [2.05, 4.69) is 10.7 Å². The van der Waals surface area contributed by atoms with Gasteiger partial charge in [0.1, 0.15) is 0 Å². The second-order valence-electron chi connectivity index (χ2n) is 4.55. The van der Waals surface area contributed by atoms with E-state index in [0.29, 0.717) is 24.5 Å². The number of nitrogens with two attached hydrogens (primary N) is 1. The molecule has 0 spiro atoms. The van der Waals surface area contributed by atoms with Crippen molar-refractivity contribution in [2.75, 3.05) is 18.6 Å². The summed E-state index contributed by atoms with van der Waals surface area (Å²) >= 11 is 0. The molecule has 1 aromatic rings. The van der Waals surface area contributed by atoms with Gasteiger partial charge in [0.15, 0.2) is 0 Å². The molecule has 1 saturated heterocycles. The molecule has 0 saturated carbocycles. The SMILES string of the molecule is Cc1ccc(C(=O)NC2CCOCC2)c(NN)c1. The summed E-state index contributed by atoms with van der Waals surface area (Å²) in [4.78, 5) is 12.2. The Hall–Kier alpha value is -1.59. The number of amides is 1. The van der Waals surface area contributed by atoms with Crippen LogP contribution in [0.25, 0.3) is 0 Å². The number of hydrazine groups is 1. The standard InChI is InChI=1S/C13H19N3O2/c1-9-2-3-11(12(8-9)16-14)13(17)15-10-4-6-18-7-5-10/h2-3,8,10,16H,4-7,14H2,1H3,(H,15,17). The molecule has 0 radical (unpaired) electrons. The fraction of sp³-hybridized carbons (Fsp3) is 0.462. The predicted molar refractivity (Wildman–Crippen MR) is 70.3 cm³/mol. The third-order valence-electron chi connectivity index (χ3n) is 3.13. The number of benzene rings is 1. The van der Waals surface area contributed by atoms with Gasteiger partial charge >= 0.3 is 0 Å². The number of rotatable bonds is 3. The van der Waals surface area contributed by atoms with Gasteiger partial charge in [0.2, 0.25) is 0 Å². The van der Waals surface area contributed by atoms with E-state index in [-0.39, 0.29) is 11.9 Å². The van der Waals surface area contributed by atoms with E-state index < -0.39 is 0 Å². The lowest BCUT2D eigenvalue weighted by Crippen LogP contribution is -2.39. The summed E-state index contributed by atoms with van der Waals surface area (Å²) in [6, 6.07) is 5.75. The predicted octanol–water partition coefficient (Wildman–Crippen LogP) is 1.19. The Kier molecular flexibility index (Phi) is 4.17. The maximum Gasteiger partial charge on any atom is 0.253 e. The van der Waals surface area contributed by atoms with Crippen LogP contribution >= 0.6 is 0 Å². The smallest absolute Gasteiger partial charge is 0.253 e. The van der Waals surface area contributed by atoms with Crippen molar-refractivity contribution in [2.45, 2.75) is 25.8 Å². The Morgan fingerprint density at radius 3 is 2.78 bits per heavy atom. The first-order chi connectivity index (χ1) is 8.70. The Labute approximate surface area is 107 Å². The van der Waals surface area contributed by atoms with Gasteiger partial charge in [-0.25, -0.2) is 0 Å². The van der Waals surface area contributed by atoms with Crippen molar-refractivity contribution in [3.05, 3.63) is 29.3 Å². The van der Waals surface area contributed by atoms with Crippen molar-refractivity contribution < 1.29 is 9.53 Å². The highest BCUT2D eigenvalue weighted by Crippen LogP contribution is 2.17. The molecule has 4 N–H and O–H groups in total. The number of nitrogens with one attached hydrogen (secondary N) is 2. The van der Waals surface area contributed by atoms with Crippen LogP contribution in [-0.2, 0) is 4.74 Å². The minimum Gasteiger partial charge on any atom is -0.381 e. The van der Waals surface area contributed by atoms with Gasteiger partial charge < -0.3 is 15.5 Å². The molecule has 1 fully saturated rings. The Morgan fingerprint density at radius 1 is 1.39 bits per heavy atom. The van der Waals surface area contributed by atoms with Crippen LogP contribution in [0.4, 0.5) is 5.69 Å². The first-order valence-corrected chi connectivity index (χ1v) is 6.16. The Bertz CT molecular complexity index is 428. The van der Waals surface area contributed by atoms with Crippen LogP contribution < -0.4 is 16.6 Å². The molecular weight excluding hydrogens is 230 g/mol. The maximum atomic E-state index is 12.2. The molecule has 0 bridgehead atoms. The van der Waals surface area contributed by atoms with Crippen LogP contribution in [0, 0.1) is 6.92 Å². The minimum absolute atomic E-state index is 0.0881. The molecule has 0 aromatic heterocycles. The van der Waals surface area contributed by atoms with E-state index in [1.165, 1.54) is 0 Å². The molecule has 1 heterocycles. The molecule has 18 heavy (non-hydrogen) atoms. The molecule has 5 heteroatoms. The lowest BCUT2D eigenvalue weighted by atomic mass is 10.1. The second kappa shape index (κ2) is 5.84. The van der Waals surface area contributed by atoms with Crippen molar-refractivity contribution in [3.8, 4) is 0 Å². The van der Waals surface area contributed by atoms with Gasteiger partial charge in [-0.05, 0) is 37.5 Å². The molecule has 1 aromatic carbocycles. The summed E-state index contributed by atoms with van der Waals surface area (Å²) in [5, 5.41) is 3.01. The summed E-state index contributed by atoms with van der Waals surface area (Å²) in [7, 11) is 0. The lowest BCUT2D eigenvalue weighted by molar-refractivity contribution is 0.0697. The van der Waals surface area contributed by atoms with Gasteiger partial charge in [-0.15, -0.1) is 0 Å². The highest BCUT2D eigenvalue weighted by atomic mass is 16.5. The van der Waals surface area contributed by atoms with Gasteiger partial charge in [-0.1, -0.05) is 6.07 Å². The van der Waals surface area contributed by atoms with Crippen LogP contribution in [0.1, 0.15) is 28.8 Å². The van der Waals surface area contributed by atoms with Crippen molar-refractivity contribution in [3.63, 3.8) is 0 Å². The van der Waals surface area contributed by atoms with Crippen molar-refractivity contribution >= 4 is 11.6 Å². The lowest BCUT2D eigenvalue weighted by Gasteiger charge is -2.23. The molecule has 0 atom stereocenters. The molecule has 1 aliphatic rings. The highest BCUT2D eigenvalue weighted by molar-refractivity contribution is 5.99. The van der Waals surface area contributed by atoms with Crippen molar-refractivity contribution in [1.82, 2.24) is 5.32 Å². The van der Waals surface area contributed by atoms with Gasteiger partial charge in [0.25, 0.3) is 5.91 Å². The molecular formula is C13H19N3O2. The zero-order valence-corrected chi connectivity index (χ0v) is 10.5. The number of nitrogen functional groups attached to an aromatic ring is 1. The van der Waals surface area contributed by atoms with Crippen LogP contribution in [-0.4, -0.2) is 25.2 Å². The Morgan fingerprint density at radius 2 is 2.11 bits per heavy atom. The largest absolute Gasteiger partial charge is 0.381 e. The number of hydrogen-bond acceptors (Lipinski definition) is 4. The maximum absolute atomic E-state index is 12.2. The van der Waals surface area contributed by atoms with Crippen molar-refractivity contribution in [1.29, 1.82) is 0 Å². The summed E-state index contributed by atoms with van der Waals surface area (Å²) in [5.74, 6) is 5.35. The quantitative estimate of drug-likeness (QED) is 0.555. The summed E-state index contributed by atoms with van der Waals surface area (Å²) < 4.78 is 5.26. The first kappa shape index (κ1) is 12.9. The van der Waals surface area contributed by atoms with Crippen LogP contribution in [0.5, 0.6) is 0 Å². The topological polar surface area (TPSA) is 76.4 Å². The van der Waals surface area contributed by atoms with E-state index in [1.54, 1.807) is 6.07 Å². The zero-order valence-electron chi connectivity index (χ0n) is 10.5. The van der Waals surface area contributed by atoms with Crippen LogP contribution in [0.15, 0.2) is 18.2 Å². The third-order valence-corrected chi connectivity index (χ3v) is 3.13. The summed E-state index contributed by atoms with van der Waals surface area (Å²) in [6.45, 7) is 3.38. The van der Waals surface area contributed by atoms with E-state index in [4.69, 9.17) is 10.6 Å². The number of aryl methyl sites for hydroxylation is 1. The highest BCUT2D eigenvalue weighted by Gasteiger charge is 2.18. The number of ether oxygens (including phenoxy) is 1. The molecule has 1 aliphatic heterocycles. The van der Waals surface area contributed by atoms with E-state index in [1.807, 2.05) is 19.1 Å². The average molecular weight is 249 g/mol. The molecule has 98 valence electrons. The monoisotopic (exact) mass is 249 g/mol. The fourth-order valence-corrected chi connectivity index (χ4v) is 2.08. The van der Waals surface area contributed by atoms with E-state index >= 15 is 0 Å². The molecule has 1 amide bonds. The second-order valence-corrected chi connectivity index (χ2v) is 4.55. The Balaban J connectivity index is 2.08. The number of carbonyl (C=O) groups excluding carboxylic acids is 1. The normalized spacial score (nSPS) is 16.3. The van der Waals surface area contributed by atoms with Gasteiger partial charge in [0, 0.05) is 19.3 Å². The van der Waals surface area contributed by atoms with Gasteiger partial charge in [0.05, 0.1) is 11.3 Å². The van der Waals surface area contributed by atoms with Crippen molar-refractivity contribution in [2.24, 2.45) is 5.84 Å². The zero-order chi connectivity index (χ0) is 13.0. The minimum atomic E-state index is -0.0881. The van der Waals surface area contributed by atoms with E-state index in [9.17, 15) is 4.79 Å². The molecule has 5 nitrogen and oxygen atoms in total. The van der Waals surface area contributed by atoms with Gasteiger partial charge in [-0.3, -0.25) is 10.6 Å². The number of carbonyl (C=O) groups is 1.